The SMILES string of the molecule is C[C@]12C[C@H](O)[C@H]3[C@@H](CCC4=CC(=O)CC(OC(=O)CCCS(=O)(=O)O)[C@@]43C)[C@@H]1CC[C@]2(O)C(=O)CO. The van der Waals surface area contributed by atoms with Gasteiger partial charge in [0.05, 0.1) is 11.9 Å². The van der Waals surface area contributed by atoms with Crippen LogP contribution in [0.4, 0.5) is 0 Å². The molecule has 0 radical (unpaired) electrons. The first kappa shape index (κ1) is 27.4. The number of ether oxygens (including phenoxy) is 1. The topological polar surface area (TPSA) is 176 Å². The van der Waals surface area contributed by atoms with Crippen LogP contribution in [0.2, 0.25) is 0 Å². The molecule has 10 nitrogen and oxygen atoms in total. The van der Waals surface area contributed by atoms with Gasteiger partial charge in [-0.05, 0) is 56.4 Å². The zero-order valence-electron chi connectivity index (χ0n) is 20.7. The van der Waals surface area contributed by atoms with Crippen LogP contribution in [0.5, 0.6) is 0 Å². The lowest BCUT2D eigenvalue weighted by Crippen LogP contribution is -2.64. The van der Waals surface area contributed by atoms with E-state index in [0.29, 0.717) is 19.3 Å². The fourth-order valence-electron chi connectivity index (χ4n) is 8.08. The van der Waals surface area contributed by atoms with E-state index in [1.165, 1.54) is 0 Å². The van der Waals surface area contributed by atoms with E-state index in [2.05, 4.69) is 0 Å². The van der Waals surface area contributed by atoms with Gasteiger partial charge in [-0.3, -0.25) is 18.9 Å². The summed E-state index contributed by atoms with van der Waals surface area (Å²) in [6, 6.07) is 0. The molecular weight excluding hydrogens is 492 g/mol. The Morgan fingerprint density at radius 1 is 1.22 bits per heavy atom. The summed E-state index contributed by atoms with van der Waals surface area (Å²) >= 11 is 0. The van der Waals surface area contributed by atoms with Crippen molar-refractivity contribution >= 4 is 27.7 Å². The Bertz CT molecular complexity index is 1080. The van der Waals surface area contributed by atoms with Crippen molar-refractivity contribution in [3.05, 3.63) is 11.6 Å². The van der Waals surface area contributed by atoms with Gasteiger partial charge in [0, 0.05) is 29.6 Å². The van der Waals surface area contributed by atoms with E-state index in [1.807, 2.05) is 13.8 Å². The fourth-order valence-corrected chi connectivity index (χ4v) is 8.59. The summed E-state index contributed by atoms with van der Waals surface area (Å²) in [4.78, 5) is 37.7. The summed E-state index contributed by atoms with van der Waals surface area (Å²) in [7, 11) is -4.21. The molecule has 0 aromatic heterocycles. The van der Waals surface area contributed by atoms with Crippen molar-refractivity contribution in [3.63, 3.8) is 0 Å². The lowest BCUT2D eigenvalue weighted by atomic mass is 9.44. The summed E-state index contributed by atoms with van der Waals surface area (Å²) < 4.78 is 36.6. The van der Waals surface area contributed by atoms with Crippen LogP contribution in [0.3, 0.4) is 0 Å². The normalized spacial score (nSPS) is 42.1. The highest BCUT2D eigenvalue weighted by Crippen LogP contribution is 2.67. The van der Waals surface area contributed by atoms with Crippen LogP contribution in [0.25, 0.3) is 0 Å². The highest BCUT2D eigenvalue weighted by molar-refractivity contribution is 7.85. The van der Waals surface area contributed by atoms with Crippen LogP contribution < -0.4 is 0 Å². The number of carbonyl (C=O) groups is 3. The average molecular weight is 529 g/mol. The Morgan fingerprint density at radius 3 is 2.56 bits per heavy atom. The number of aliphatic hydroxyl groups excluding tert-OH is 2. The number of ketones is 2. The molecule has 3 saturated carbocycles. The number of hydrogen-bond donors (Lipinski definition) is 4. The maximum atomic E-state index is 12.6. The molecule has 202 valence electrons. The Labute approximate surface area is 210 Å². The summed E-state index contributed by atoms with van der Waals surface area (Å²) in [5.41, 5.74) is -2.69. The molecule has 0 heterocycles. The standard InChI is InChI=1S/C25H36O10S/c1-23-12-18(28)22-16(17(23)7-8-25(23,31)19(29)13-26)6-5-14-10-15(27)11-20(24(14,22)2)35-21(30)4-3-9-36(32,33)34/h10,16-18,20,22,26,28,31H,3-9,11-13H2,1-2H3,(H,32,33,34)/t16-,17-,18-,20?,22+,23-,24+,25-/m0/s1. The summed E-state index contributed by atoms with van der Waals surface area (Å²) in [5, 5.41) is 32.4. The van der Waals surface area contributed by atoms with Crippen molar-refractivity contribution in [2.45, 2.75) is 83.0 Å². The molecule has 0 aromatic rings. The number of rotatable bonds is 7. The molecular formula is C25H36O10S. The maximum absolute atomic E-state index is 12.6. The van der Waals surface area contributed by atoms with Crippen molar-refractivity contribution in [3.8, 4) is 0 Å². The number of Topliss-reactive ketones (excluding diaryl/α,β-unsaturated/α-hetero) is 1. The number of fused-ring (bicyclic) bond motifs is 5. The summed E-state index contributed by atoms with van der Waals surface area (Å²) in [5.74, 6) is -2.67. The quantitative estimate of drug-likeness (QED) is 0.275. The average Bonchev–Trinajstić information content (AvgIpc) is 3.04. The smallest absolute Gasteiger partial charge is 0.306 e. The van der Waals surface area contributed by atoms with Crippen molar-refractivity contribution in [1.29, 1.82) is 0 Å². The Balaban J connectivity index is 1.63. The Hall–Kier alpha value is -1.66. The van der Waals surface area contributed by atoms with Crippen LogP contribution in [-0.4, -0.2) is 76.0 Å². The highest BCUT2D eigenvalue weighted by Gasteiger charge is 2.69. The minimum Gasteiger partial charge on any atom is -0.461 e. The molecule has 0 saturated heterocycles. The third-order valence-electron chi connectivity index (χ3n) is 9.79. The minimum atomic E-state index is -4.21. The van der Waals surface area contributed by atoms with E-state index in [9.17, 15) is 38.1 Å². The maximum Gasteiger partial charge on any atom is 0.306 e. The first-order valence-electron chi connectivity index (χ1n) is 12.6. The van der Waals surface area contributed by atoms with Crippen LogP contribution in [0, 0.1) is 28.6 Å². The molecule has 0 spiro atoms. The Kier molecular flexibility index (Phi) is 7.05. The molecule has 11 heteroatoms. The second-order valence-corrected chi connectivity index (χ2v) is 13.1. The zero-order chi connectivity index (χ0) is 26.7. The van der Waals surface area contributed by atoms with Crippen LogP contribution in [0.15, 0.2) is 11.6 Å². The van der Waals surface area contributed by atoms with Crippen molar-refractivity contribution in [1.82, 2.24) is 0 Å². The molecule has 4 rings (SSSR count). The molecule has 4 aliphatic carbocycles. The van der Waals surface area contributed by atoms with E-state index in [0.717, 1.165) is 5.57 Å². The third kappa shape index (κ3) is 4.26. The van der Waals surface area contributed by atoms with Crippen LogP contribution in [-0.2, 0) is 29.2 Å². The monoisotopic (exact) mass is 528 g/mol. The molecule has 4 aliphatic rings. The summed E-state index contributed by atoms with van der Waals surface area (Å²) in [6.45, 7) is 2.93. The largest absolute Gasteiger partial charge is 0.461 e. The zero-order valence-corrected chi connectivity index (χ0v) is 21.5. The fraction of sp³-hybridized carbons (Fsp3) is 0.800. The number of esters is 1. The van der Waals surface area contributed by atoms with Gasteiger partial charge in [-0.15, -0.1) is 0 Å². The highest BCUT2D eigenvalue weighted by atomic mass is 32.2. The van der Waals surface area contributed by atoms with Gasteiger partial charge in [-0.25, -0.2) is 0 Å². The molecule has 4 N–H and O–H groups in total. The third-order valence-corrected chi connectivity index (χ3v) is 10.6. The molecule has 36 heavy (non-hydrogen) atoms. The van der Waals surface area contributed by atoms with Gasteiger partial charge in [0.1, 0.15) is 18.3 Å². The van der Waals surface area contributed by atoms with Gasteiger partial charge in [0.2, 0.25) is 0 Å². The van der Waals surface area contributed by atoms with E-state index in [-0.39, 0.29) is 55.6 Å². The van der Waals surface area contributed by atoms with E-state index in [1.54, 1.807) is 6.08 Å². The lowest BCUT2D eigenvalue weighted by Gasteiger charge is -2.61. The molecule has 1 unspecified atom stereocenters. The van der Waals surface area contributed by atoms with E-state index < -0.39 is 62.9 Å². The second kappa shape index (κ2) is 9.27. The van der Waals surface area contributed by atoms with Gasteiger partial charge in [0.25, 0.3) is 10.1 Å². The molecule has 8 atom stereocenters. The summed E-state index contributed by atoms with van der Waals surface area (Å²) in [6.07, 6.45) is 1.44. The second-order valence-electron chi connectivity index (χ2n) is 11.5. The molecule has 0 aromatic carbocycles. The van der Waals surface area contributed by atoms with Crippen molar-refractivity contribution in [2.24, 2.45) is 28.6 Å². The lowest BCUT2D eigenvalue weighted by molar-refractivity contribution is -0.197. The molecule has 0 bridgehead atoms. The van der Waals surface area contributed by atoms with Crippen LogP contribution in [0.1, 0.15) is 65.2 Å². The van der Waals surface area contributed by atoms with Gasteiger partial charge in [0.15, 0.2) is 11.6 Å². The molecule has 3 fully saturated rings. The van der Waals surface area contributed by atoms with Crippen molar-refractivity contribution < 1.29 is 47.4 Å². The minimum absolute atomic E-state index is 0.0607. The van der Waals surface area contributed by atoms with Gasteiger partial charge in [-0.2, -0.15) is 8.42 Å². The predicted octanol–water partition coefficient (Wildman–Crippen LogP) is 0.971. The van der Waals surface area contributed by atoms with Gasteiger partial charge in [-0.1, -0.05) is 19.4 Å². The number of hydrogen-bond acceptors (Lipinski definition) is 9. The van der Waals surface area contributed by atoms with Gasteiger partial charge >= 0.3 is 5.97 Å². The predicted molar refractivity (Wildman–Crippen MR) is 126 cm³/mol. The number of carbonyl (C=O) groups excluding carboxylic acids is 3. The van der Waals surface area contributed by atoms with Crippen LogP contribution >= 0.6 is 0 Å². The van der Waals surface area contributed by atoms with Gasteiger partial charge < -0.3 is 20.1 Å². The van der Waals surface area contributed by atoms with E-state index >= 15 is 0 Å². The first-order valence-corrected chi connectivity index (χ1v) is 14.2. The molecule has 0 aliphatic heterocycles. The molecule has 0 amide bonds. The van der Waals surface area contributed by atoms with Crippen molar-refractivity contribution in [2.75, 3.05) is 12.4 Å². The number of aliphatic hydroxyl groups is 3. The van der Waals surface area contributed by atoms with E-state index in [4.69, 9.17) is 9.29 Å². The first-order chi connectivity index (χ1) is 16.7. The Morgan fingerprint density at radius 2 is 1.92 bits per heavy atom.